The Morgan fingerprint density at radius 2 is 1.09 bits per heavy atom. The molecule has 0 aromatic rings. The summed E-state index contributed by atoms with van der Waals surface area (Å²) in [4.78, 5) is 42.9. The average Bonchev–Trinajstić information content (AvgIpc) is 3.19. The van der Waals surface area contributed by atoms with Gasteiger partial charge in [-0.3, -0.25) is 14.1 Å². The first-order valence-corrected chi connectivity index (χ1v) is 25.0. The fourth-order valence-corrected chi connectivity index (χ4v) is 6.93. The van der Waals surface area contributed by atoms with Crippen molar-refractivity contribution in [3.05, 3.63) is 48.6 Å². The molecule has 58 heavy (non-hydrogen) atoms. The van der Waals surface area contributed by atoms with E-state index in [1.54, 1.807) is 0 Å². The Balaban J connectivity index is 3.95. The maximum Gasteiger partial charge on any atom is 0.469 e. The van der Waals surface area contributed by atoms with Gasteiger partial charge in [-0.25, -0.2) is 4.57 Å². The van der Waals surface area contributed by atoms with E-state index < -0.39 is 32.5 Å². The van der Waals surface area contributed by atoms with Crippen LogP contribution < -0.4 is 0 Å². The van der Waals surface area contributed by atoms with Crippen LogP contribution in [0.3, 0.4) is 0 Å². The lowest BCUT2D eigenvalue weighted by Gasteiger charge is -2.18. The highest BCUT2D eigenvalue weighted by atomic mass is 31.2. The van der Waals surface area contributed by atoms with E-state index in [4.69, 9.17) is 19.3 Å². The van der Waals surface area contributed by atoms with Crippen LogP contribution in [0.4, 0.5) is 0 Å². The monoisotopic (exact) mass is 839 g/mol. The zero-order valence-electron chi connectivity index (χ0n) is 37.2. The maximum atomic E-state index is 12.5. The lowest BCUT2D eigenvalue weighted by atomic mass is 9.99. The number of aliphatic hydroxyl groups excluding tert-OH is 1. The number of unbranched alkanes of at least 4 members (excludes halogenated alkanes) is 20. The Bertz CT molecular complexity index is 1110. The topological polar surface area (TPSA) is 140 Å². The Kier molecular flexibility index (Phi) is 40.2. The molecule has 0 radical (unpaired) electrons. The molecule has 10 heteroatoms. The molecule has 338 valence electrons. The molecule has 3 atom stereocenters. The van der Waals surface area contributed by atoms with Crippen LogP contribution in [0.25, 0.3) is 0 Å². The van der Waals surface area contributed by atoms with Gasteiger partial charge in [0.05, 0.1) is 12.7 Å². The van der Waals surface area contributed by atoms with Gasteiger partial charge in [0, 0.05) is 12.8 Å². The molecular weight excluding hydrogens is 751 g/mol. The number of rotatable bonds is 42. The summed E-state index contributed by atoms with van der Waals surface area (Å²) in [6.07, 6.45) is 47.4. The minimum Gasteiger partial charge on any atom is -0.462 e. The predicted molar refractivity (Wildman–Crippen MR) is 240 cm³/mol. The van der Waals surface area contributed by atoms with E-state index in [1.165, 1.54) is 103 Å². The van der Waals surface area contributed by atoms with E-state index in [0.29, 0.717) is 19.3 Å². The summed E-state index contributed by atoms with van der Waals surface area (Å²) in [5.74, 6) is -0.0763. The van der Waals surface area contributed by atoms with Gasteiger partial charge in [0.1, 0.15) is 6.61 Å². The van der Waals surface area contributed by atoms with Crippen molar-refractivity contribution >= 4 is 19.8 Å². The third kappa shape index (κ3) is 43.5. The number of ether oxygens (including phenoxy) is 2. The highest BCUT2D eigenvalue weighted by Crippen LogP contribution is 2.36. The number of hydrogen-bond acceptors (Lipinski definition) is 7. The van der Waals surface area contributed by atoms with Crippen molar-refractivity contribution in [2.75, 3.05) is 13.2 Å². The Labute approximate surface area is 355 Å². The number of hydrogen-bond donors (Lipinski definition) is 3. The van der Waals surface area contributed by atoms with Crippen molar-refractivity contribution in [1.29, 1.82) is 0 Å². The number of allylic oxidation sites excluding steroid dienone is 7. The molecule has 1 unspecified atom stereocenters. The summed E-state index contributed by atoms with van der Waals surface area (Å²) in [6, 6.07) is 0. The first-order valence-electron chi connectivity index (χ1n) is 23.4. The third-order valence-corrected chi connectivity index (χ3v) is 11.0. The molecule has 0 bridgehead atoms. The quantitative estimate of drug-likeness (QED) is 0.0180. The van der Waals surface area contributed by atoms with Crippen LogP contribution in [0, 0.1) is 5.92 Å². The Hall–Kier alpha value is -2.03. The van der Waals surface area contributed by atoms with Gasteiger partial charge in [-0.1, -0.05) is 211 Å². The lowest BCUT2D eigenvalue weighted by Crippen LogP contribution is -2.29. The molecule has 0 aliphatic heterocycles. The van der Waals surface area contributed by atoms with E-state index in [2.05, 4.69) is 37.4 Å². The van der Waals surface area contributed by atoms with Gasteiger partial charge in [-0.15, -0.1) is 0 Å². The van der Waals surface area contributed by atoms with Gasteiger partial charge >= 0.3 is 19.8 Å². The molecular formula is C48H87O9P. The second kappa shape index (κ2) is 41.7. The number of carbonyl (C=O) groups excluding carboxylic acids is 2. The molecule has 0 amide bonds. The van der Waals surface area contributed by atoms with E-state index in [1.807, 2.05) is 36.5 Å². The van der Waals surface area contributed by atoms with Crippen molar-refractivity contribution < 1.29 is 43.0 Å². The summed E-state index contributed by atoms with van der Waals surface area (Å²) in [5.41, 5.74) is 0. The standard InChI is InChI=1S/C48H87O9P/c1-4-6-32-38-45(49)39-34-29-25-21-17-15-19-22-26-30-35-40-47(50)55-42-46(43-56-58(52,53)54)57-48(51)41-36-31-27-23-18-14-12-10-8-7-9-11-13-16-20-24-28-33-37-44(3)5-2/h15,17,22,25-26,29,34,39,44-46,49H,4-14,16,18-21,23-24,27-28,30-33,35-38,40-43H2,1-3H3,(H2,52,53,54)/b17-15-,26-22-,29-25-,39-34+/t44?,45-,46-/m1/s1. The Morgan fingerprint density at radius 1 is 0.586 bits per heavy atom. The second-order valence-electron chi connectivity index (χ2n) is 16.2. The van der Waals surface area contributed by atoms with Crippen molar-refractivity contribution in [1.82, 2.24) is 0 Å². The number of phosphoric acid groups is 1. The van der Waals surface area contributed by atoms with Gasteiger partial charge in [0.25, 0.3) is 0 Å². The molecule has 0 spiro atoms. The van der Waals surface area contributed by atoms with E-state index in [9.17, 15) is 19.3 Å². The average molecular weight is 839 g/mol. The minimum absolute atomic E-state index is 0.171. The molecule has 0 heterocycles. The van der Waals surface area contributed by atoms with Gasteiger partial charge in [-0.05, 0) is 44.4 Å². The van der Waals surface area contributed by atoms with Crippen LogP contribution in [-0.4, -0.2) is 52.3 Å². The van der Waals surface area contributed by atoms with Crippen LogP contribution in [0.5, 0.6) is 0 Å². The molecule has 0 aliphatic carbocycles. The smallest absolute Gasteiger partial charge is 0.462 e. The predicted octanol–water partition coefficient (Wildman–Crippen LogP) is 13.5. The molecule has 0 aromatic heterocycles. The largest absolute Gasteiger partial charge is 0.469 e. The molecule has 9 nitrogen and oxygen atoms in total. The van der Waals surface area contributed by atoms with Crippen LogP contribution >= 0.6 is 7.82 Å². The molecule has 0 aliphatic rings. The number of carbonyl (C=O) groups is 2. The zero-order chi connectivity index (χ0) is 42.8. The second-order valence-corrected chi connectivity index (χ2v) is 17.4. The summed E-state index contributed by atoms with van der Waals surface area (Å²) in [6.45, 7) is 5.92. The molecule has 0 rings (SSSR count). The van der Waals surface area contributed by atoms with Crippen LogP contribution in [0.1, 0.15) is 213 Å². The van der Waals surface area contributed by atoms with Crippen molar-refractivity contribution in [3.63, 3.8) is 0 Å². The number of aliphatic hydroxyl groups is 1. The molecule has 3 N–H and O–H groups in total. The van der Waals surface area contributed by atoms with Crippen molar-refractivity contribution in [2.45, 2.75) is 226 Å². The lowest BCUT2D eigenvalue weighted by molar-refractivity contribution is -0.161. The molecule has 0 saturated carbocycles. The van der Waals surface area contributed by atoms with Crippen molar-refractivity contribution in [3.8, 4) is 0 Å². The SMILES string of the molecule is CCCCC[C@@H](O)/C=C/C=C\C/C=C\C/C=C\CCCC(=O)OC[C@H](COP(=O)(O)O)OC(=O)CCCCCCCCCCCCCCCCCCCCC(C)CC. The highest BCUT2D eigenvalue weighted by Gasteiger charge is 2.23. The number of phosphoric ester groups is 1. The van der Waals surface area contributed by atoms with Gasteiger partial charge in [-0.2, -0.15) is 0 Å². The maximum absolute atomic E-state index is 12.5. The summed E-state index contributed by atoms with van der Waals surface area (Å²) >= 11 is 0. The van der Waals surface area contributed by atoms with Crippen LogP contribution in [-0.2, 0) is 28.2 Å². The summed E-state index contributed by atoms with van der Waals surface area (Å²) < 4.78 is 26.4. The first kappa shape index (κ1) is 56.0. The number of esters is 2. The summed E-state index contributed by atoms with van der Waals surface area (Å²) in [7, 11) is -4.78. The van der Waals surface area contributed by atoms with E-state index >= 15 is 0 Å². The molecule has 0 fully saturated rings. The van der Waals surface area contributed by atoms with Gasteiger partial charge in [0.2, 0.25) is 0 Å². The minimum atomic E-state index is -4.78. The fraction of sp³-hybridized carbons (Fsp3) is 0.792. The third-order valence-electron chi connectivity index (χ3n) is 10.5. The van der Waals surface area contributed by atoms with Crippen molar-refractivity contribution in [2.24, 2.45) is 5.92 Å². The van der Waals surface area contributed by atoms with Crippen LogP contribution in [0.2, 0.25) is 0 Å². The first-order chi connectivity index (χ1) is 28.1. The van der Waals surface area contributed by atoms with Gasteiger partial charge in [0.15, 0.2) is 6.10 Å². The van der Waals surface area contributed by atoms with Gasteiger partial charge < -0.3 is 24.4 Å². The summed E-state index contributed by atoms with van der Waals surface area (Å²) in [5, 5.41) is 9.88. The van der Waals surface area contributed by atoms with Crippen LogP contribution in [0.15, 0.2) is 48.6 Å². The highest BCUT2D eigenvalue weighted by molar-refractivity contribution is 7.46. The fourth-order valence-electron chi connectivity index (χ4n) is 6.57. The molecule has 0 saturated heterocycles. The normalized spacial score (nSPS) is 14.0. The Morgan fingerprint density at radius 3 is 1.64 bits per heavy atom. The van der Waals surface area contributed by atoms with E-state index in [-0.39, 0.29) is 25.6 Å². The molecule has 0 aromatic carbocycles. The van der Waals surface area contributed by atoms with E-state index in [0.717, 1.165) is 63.7 Å². The zero-order valence-corrected chi connectivity index (χ0v) is 38.1.